The Labute approximate surface area is 107 Å². The first-order valence-corrected chi connectivity index (χ1v) is 5.73. The van der Waals surface area contributed by atoms with Gasteiger partial charge in [-0.2, -0.15) is 13.2 Å². The number of alkyl halides is 3. The van der Waals surface area contributed by atoms with Gasteiger partial charge in [0.1, 0.15) is 11.9 Å². The van der Waals surface area contributed by atoms with Gasteiger partial charge in [-0.05, 0) is 24.1 Å². The van der Waals surface area contributed by atoms with Crippen molar-refractivity contribution < 1.29 is 22.4 Å². The third-order valence-corrected chi connectivity index (χ3v) is 2.94. The second kappa shape index (κ2) is 5.16. The van der Waals surface area contributed by atoms with E-state index < -0.39 is 23.9 Å². The molecule has 1 atom stereocenters. The van der Waals surface area contributed by atoms with Crippen LogP contribution in [0.2, 0.25) is 0 Å². The minimum atomic E-state index is -4.47. The summed E-state index contributed by atoms with van der Waals surface area (Å²) in [6.45, 7) is 0.0181. The van der Waals surface area contributed by atoms with Gasteiger partial charge < -0.3 is 0 Å². The van der Waals surface area contributed by atoms with Crippen LogP contribution in [0.15, 0.2) is 24.3 Å². The van der Waals surface area contributed by atoms with E-state index >= 15 is 0 Å². The molecule has 104 valence electrons. The minimum absolute atomic E-state index is 0.0181. The number of carbonyl (C=O) groups is 1. The van der Waals surface area contributed by atoms with Gasteiger partial charge in [-0.3, -0.25) is 10.2 Å². The molecule has 1 unspecified atom stereocenters. The lowest BCUT2D eigenvalue weighted by molar-refractivity contribution is -0.187. The summed E-state index contributed by atoms with van der Waals surface area (Å²) in [4.78, 5) is 11.0. The normalized spacial score (nSPS) is 18.4. The second-order valence-electron chi connectivity index (χ2n) is 4.37. The molecule has 2 rings (SSSR count). The second-order valence-corrected chi connectivity index (χ2v) is 4.37. The molecule has 1 aliphatic rings. The van der Waals surface area contributed by atoms with Crippen LogP contribution in [0.25, 0.3) is 0 Å². The summed E-state index contributed by atoms with van der Waals surface area (Å²) in [5.41, 5.74) is 2.56. The fraction of sp³-hybridized carbons (Fsp3) is 0.417. The number of halogens is 4. The summed E-state index contributed by atoms with van der Waals surface area (Å²) in [5.74, 6) is -0.921. The van der Waals surface area contributed by atoms with Gasteiger partial charge in [-0.1, -0.05) is 12.1 Å². The largest absolute Gasteiger partial charge is 0.406 e. The Bertz CT molecular complexity index is 458. The average molecular weight is 276 g/mol. The molecule has 1 aromatic rings. The molecular formula is C12H12F4N2O. The van der Waals surface area contributed by atoms with Gasteiger partial charge >= 0.3 is 6.18 Å². The summed E-state index contributed by atoms with van der Waals surface area (Å²) < 4.78 is 51.7. The van der Waals surface area contributed by atoms with E-state index in [1.165, 1.54) is 12.1 Å². The van der Waals surface area contributed by atoms with Crippen molar-refractivity contribution in [3.05, 3.63) is 35.6 Å². The number of benzene rings is 1. The van der Waals surface area contributed by atoms with E-state index in [0.717, 1.165) is 17.1 Å². The lowest BCUT2D eigenvalue weighted by Gasteiger charge is -2.28. The highest BCUT2D eigenvalue weighted by Crippen LogP contribution is 2.28. The summed E-state index contributed by atoms with van der Waals surface area (Å²) in [6.07, 6.45) is -4.74. The Morgan fingerprint density at radius 3 is 2.37 bits per heavy atom. The van der Waals surface area contributed by atoms with E-state index in [2.05, 4.69) is 5.43 Å². The molecule has 1 amide bonds. The molecule has 19 heavy (non-hydrogen) atoms. The van der Waals surface area contributed by atoms with Gasteiger partial charge in [0.25, 0.3) is 0 Å². The molecular weight excluding hydrogens is 264 g/mol. The van der Waals surface area contributed by atoms with Crippen molar-refractivity contribution >= 4 is 5.91 Å². The van der Waals surface area contributed by atoms with Crippen molar-refractivity contribution in [1.29, 1.82) is 0 Å². The number of hydrazine groups is 1. The van der Waals surface area contributed by atoms with Gasteiger partial charge in [-0.15, -0.1) is 0 Å². The van der Waals surface area contributed by atoms with Crippen LogP contribution in [0.5, 0.6) is 0 Å². The summed E-state index contributed by atoms with van der Waals surface area (Å²) in [5, 5.41) is 0.895. The lowest BCUT2D eigenvalue weighted by Crippen LogP contribution is -2.51. The maximum Gasteiger partial charge on any atom is 0.406 e. The Kier molecular flexibility index (Phi) is 3.75. The zero-order valence-corrected chi connectivity index (χ0v) is 9.88. The van der Waals surface area contributed by atoms with Crippen molar-refractivity contribution in [2.45, 2.75) is 25.1 Å². The number of hydrogen-bond acceptors (Lipinski definition) is 2. The van der Waals surface area contributed by atoms with Crippen molar-refractivity contribution in [3.8, 4) is 0 Å². The lowest BCUT2D eigenvalue weighted by atomic mass is 10.1. The van der Waals surface area contributed by atoms with Crippen LogP contribution in [-0.4, -0.2) is 29.7 Å². The van der Waals surface area contributed by atoms with Crippen LogP contribution < -0.4 is 5.43 Å². The predicted octanol–water partition coefficient (Wildman–Crippen LogP) is 2.04. The summed E-state index contributed by atoms with van der Waals surface area (Å²) in [6, 6.07) is 3.05. The number of carbonyl (C=O) groups excluding carboxylic acids is 1. The highest BCUT2D eigenvalue weighted by Gasteiger charge is 2.45. The molecule has 1 aliphatic heterocycles. The standard InChI is InChI=1S/C12H12F4N2O/c13-9-3-1-8(2-4-9)7-10(12(14,15)16)18-6-5-11(19)17-18/h1-4,10H,5-7H2,(H,17,19). The number of rotatable bonds is 3. The topological polar surface area (TPSA) is 32.3 Å². The van der Waals surface area contributed by atoms with Crippen LogP contribution in [0.1, 0.15) is 12.0 Å². The molecule has 0 aliphatic carbocycles. The average Bonchev–Trinajstić information content (AvgIpc) is 2.73. The van der Waals surface area contributed by atoms with Gasteiger partial charge in [0.15, 0.2) is 0 Å². The highest BCUT2D eigenvalue weighted by atomic mass is 19.4. The predicted molar refractivity (Wildman–Crippen MR) is 59.4 cm³/mol. The first-order chi connectivity index (χ1) is 8.86. The summed E-state index contributed by atoms with van der Waals surface area (Å²) in [7, 11) is 0. The van der Waals surface area contributed by atoms with Crippen molar-refractivity contribution in [2.24, 2.45) is 0 Å². The highest BCUT2D eigenvalue weighted by molar-refractivity contribution is 5.77. The van der Waals surface area contributed by atoms with E-state index in [1.54, 1.807) is 0 Å². The van der Waals surface area contributed by atoms with E-state index in [0.29, 0.717) is 5.56 Å². The van der Waals surface area contributed by atoms with E-state index in [-0.39, 0.29) is 19.4 Å². The Hall–Kier alpha value is -1.63. The Morgan fingerprint density at radius 2 is 1.89 bits per heavy atom. The number of nitrogens with zero attached hydrogens (tertiary/aromatic N) is 1. The monoisotopic (exact) mass is 276 g/mol. The van der Waals surface area contributed by atoms with E-state index in [4.69, 9.17) is 0 Å². The van der Waals surface area contributed by atoms with Gasteiger partial charge in [0.2, 0.25) is 5.91 Å². The molecule has 0 spiro atoms. The number of hydrogen-bond donors (Lipinski definition) is 1. The minimum Gasteiger partial charge on any atom is -0.288 e. The molecule has 0 bridgehead atoms. The van der Waals surface area contributed by atoms with Crippen LogP contribution >= 0.6 is 0 Å². The number of amides is 1. The zero-order valence-electron chi connectivity index (χ0n) is 9.88. The van der Waals surface area contributed by atoms with E-state index in [1.807, 2.05) is 0 Å². The molecule has 0 saturated carbocycles. The molecule has 7 heteroatoms. The first-order valence-electron chi connectivity index (χ1n) is 5.73. The maximum absolute atomic E-state index is 13.0. The molecule has 1 saturated heterocycles. The van der Waals surface area contributed by atoms with Gasteiger partial charge in [-0.25, -0.2) is 9.40 Å². The Balaban J connectivity index is 2.14. The fourth-order valence-corrected chi connectivity index (χ4v) is 1.97. The molecule has 3 nitrogen and oxygen atoms in total. The Morgan fingerprint density at radius 1 is 1.26 bits per heavy atom. The summed E-state index contributed by atoms with van der Waals surface area (Å²) >= 11 is 0. The number of nitrogens with one attached hydrogen (secondary N) is 1. The van der Waals surface area contributed by atoms with Crippen LogP contribution in [0, 0.1) is 5.82 Å². The zero-order chi connectivity index (χ0) is 14.0. The molecule has 1 heterocycles. The molecule has 0 radical (unpaired) electrons. The first kappa shape index (κ1) is 13.8. The fourth-order valence-electron chi connectivity index (χ4n) is 1.97. The van der Waals surface area contributed by atoms with Crippen LogP contribution in [0.4, 0.5) is 17.6 Å². The van der Waals surface area contributed by atoms with Gasteiger partial charge in [0, 0.05) is 13.0 Å². The van der Waals surface area contributed by atoms with Crippen LogP contribution in [-0.2, 0) is 11.2 Å². The van der Waals surface area contributed by atoms with Gasteiger partial charge in [0.05, 0.1) is 0 Å². The smallest absolute Gasteiger partial charge is 0.288 e. The van der Waals surface area contributed by atoms with Crippen LogP contribution in [0.3, 0.4) is 0 Å². The molecule has 0 aromatic heterocycles. The van der Waals surface area contributed by atoms with Crippen molar-refractivity contribution in [1.82, 2.24) is 10.4 Å². The van der Waals surface area contributed by atoms with Crippen molar-refractivity contribution in [2.75, 3.05) is 6.54 Å². The third-order valence-electron chi connectivity index (χ3n) is 2.94. The van der Waals surface area contributed by atoms with E-state index in [9.17, 15) is 22.4 Å². The SMILES string of the molecule is O=C1CCN(C(Cc2ccc(F)cc2)C(F)(F)F)N1. The molecule has 1 fully saturated rings. The molecule has 1 N–H and O–H groups in total. The quantitative estimate of drug-likeness (QED) is 0.857. The maximum atomic E-state index is 13.0. The molecule has 1 aromatic carbocycles. The third kappa shape index (κ3) is 3.44. The van der Waals surface area contributed by atoms with Crippen molar-refractivity contribution in [3.63, 3.8) is 0 Å².